The Balaban J connectivity index is 1.52. The zero-order valence-corrected chi connectivity index (χ0v) is 22.2. The lowest BCUT2D eigenvalue weighted by atomic mass is 9.87. The Labute approximate surface area is 225 Å². The zero-order valence-electron chi connectivity index (χ0n) is 20.6. The largest absolute Gasteiger partial charge is 0.458 e. The van der Waals surface area contributed by atoms with E-state index < -0.39 is 54.8 Å². The Morgan fingerprint density at radius 1 is 1.11 bits per heavy atom. The number of hydrogen-bond acceptors (Lipinski definition) is 9. The van der Waals surface area contributed by atoms with E-state index in [-0.39, 0.29) is 19.1 Å². The molecule has 1 unspecified atom stereocenters. The van der Waals surface area contributed by atoms with Crippen molar-refractivity contribution in [3.8, 4) is 0 Å². The molecule has 1 aromatic rings. The van der Waals surface area contributed by atoms with Crippen molar-refractivity contribution in [2.45, 2.75) is 93.5 Å². The molecular weight excluding hydrogens is 548 g/mol. The highest BCUT2D eigenvalue weighted by molar-refractivity contribution is 9.11. The molecule has 9 atom stereocenters. The van der Waals surface area contributed by atoms with E-state index in [2.05, 4.69) is 22.5 Å². The minimum Gasteiger partial charge on any atom is -0.458 e. The maximum atomic E-state index is 12.4. The van der Waals surface area contributed by atoms with Crippen molar-refractivity contribution in [3.05, 3.63) is 59.1 Å². The van der Waals surface area contributed by atoms with Crippen LogP contribution in [-0.2, 0) is 14.2 Å². The average molecular weight is 585 g/mol. The molecule has 0 radical (unpaired) electrons. The van der Waals surface area contributed by atoms with E-state index in [0.29, 0.717) is 42.1 Å². The second kappa shape index (κ2) is 14.5. The minimum absolute atomic E-state index is 0.0307. The number of aliphatic hydroxyl groups is 5. The van der Waals surface area contributed by atoms with Crippen LogP contribution in [0, 0.1) is 0 Å². The molecule has 206 valence electrons. The highest BCUT2D eigenvalue weighted by Crippen LogP contribution is 2.34. The summed E-state index contributed by atoms with van der Waals surface area (Å²) in [5.41, 5.74) is 0.430. The van der Waals surface area contributed by atoms with Gasteiger partial charge in [0.05, 0.1) is 23.9 Å². The first kappa shape index (κ1) is 29.9. The molecular formula is C27H37BrO9. The normalized spacial score (nSPS) is 30.3. The average Bonchev–Trinajstić information content (AvgIpc) is 2.88. The van der Waals surface area contributed by atoms with Gasteiger partial charge in [-0.3, -0.25) is 0 Å². The summed E-state index contributed by atoms with van der Waals surface area (Å²) in [6.07, 6.45) is -2.58. The van der Waals surface area contributed by atoms with Crippen LogP contribution >= 0.6 is 15.9 Å². The van der Waals surface area contributed by atoms with Crippen LogP contribution in [0.3, 0.4) is 0 Å². The van der Waals surface area contributed by atoms with Gasteiger partial charge in [-0.05, 0) is 48.7 Å². The Morgan fingerprint density at radius 2 is 1.84 bits per heavy atom. The van der Waals surface area contributed by atoms with Crippen molar-refractivity contribution < 1.29 is 44.5 Å². The minimum atomic E-state index is -1.39. The van der Waals surface area contributed by atoms with Crippen LogP contribution in [0.15, 0.2) is 53.5 Å². The first-order valence-electron chi connectivity index (χ1n) is 12.6. The van der Waals surface area contributed by atoms with Gasteiger partial charge in [-0.1, -0.05) is 52.9 Å². The van der Waals surface area contributed by atoms with Crippen molar-refractivity contribution in [3.63, 3.8) is 0 Å². The van der Waals surface area contributed by atoms with E-state index in [1.807, 2.05) is 0 Å². The molecule has 1 aromatic carbocycles. The van der Waals surface area contributed by atoms with Gasteiger partial charge >= 0.3 is 5.97 Å². The third-order valence-electron chi connectivity index (χ3n) is 6.68. The van der Waals surface area contributed by atoms with Gasteiger partial charge in [0.15, 0.2) is 0 Å². The molecule has 37 heavy (non-hydrogen) atoms. The Bertz CT molecular complexity index is 893. The summed E-state index contributed by atoms with van der Waals surface area (Å²) in [4.78, 5) is 12.4. The summed E-state index contributed by atoms with van der Waals surface area (Å²) >= 11 is 3.29. The van der Waals surface area contributed by atoms with Crippen LogP contribution in [0.1, 0.15) is 48.9 Å². The Kier molecular flexibility index (Phi) is 11.7. The van der Waals surface area contributed by atoms with Crippen LogP contribution in [0.4, 0.5) is 0 Å². The number of esters is 1. The van der Waals surface area contributed by atoms with E-state index in [9.17, 15) is 25.2 Å². The maximum Gasteiger partial charge on any atom is 0.338 e. The van der Waals surface area contributed by atoms with Gasteiger partial charge in [-0.15, -0.1) is 0 Å². The lowest BCUT2D eigenvalue weighted by Crippen LogP contribution is -2.63. The maximum absolute atomic E-state index is 12.4. The number of benzene rings is 1. The van der Waals surface area contributed by atoms with E-state index in [4.69, 9.17) is 19.3 Å². The summed E-state index contributed by atoms with van der Waals surface area (Å²) in [6.45, 7) is 3.78. The summed E-state index contributed by atoms with van der Waals surface area (Å²) in [6, 6.07) is 8.62. The number of fused-ring (bicyclic) bond motifs is 1. The van der Waals surface area contributed by atoms with Crippen molar-refractivity contribution in [2.24, 2.45) is 0 Å². The van der Waals surface area contributed by atoms with Crippen molar-refractivity contribution in [1.82, 2.24) is 0 Å². The van der Waals surface area contributed by atoms with E-state index >= 15 is 0 Å². The van der Waals surface area contributed by atoms with Crippen LogP contribution in [0.25, 0.3) is 0 Å². The van der Waals surface area contributed by atoms with Crippen LogP contribution < -0.4 is 0 Å². The van der Waals surface area contributed by atoms with Gasteiger partial charge in [0, 0.05) is 13.0 Å². The molecule has 2 fully saturated rings. The first-order valence-corrected chi connectivity index (χ1v) is 13.4. The Hall–Kier alpha value is -1.63. The monoisotopic (exact) mass is 584 g/mol. The van der Waals surface area contributed by atoms with Crippen LogP contribution in [-0.4, -0.2) is 93.0 Å². The van der Waals surface area contributed by atoms with Gasteiger partial charge in [-0.2, -0.15) is 0 Å². The van der Waals surface area contributed by atoms with Crippen LogP contribution in [0.2, 0.25) is 0 Å². The Morgan fingerprint density at radius 3 is 2.51 bits per heavy atom. The molecule has 0 aromatic heterocycles. The third kappa shape index (κ3) is 8.69. The molecule has 10 heteroatoms. The second-order valence-corrected chi connectivity index (χ2v) is 10.7. The van der Waals surface area contributed by atoms with E-state index in [1.165, 1.54) is 12.2 Å². The van der Waals surface area contributed by atoms with Gasteiger partial charge in [0.2, 0.25) is 0 Å². The molecule has 2 saturated heterocycles. The first-order chi connectivity index (χ1) is 17.7. The summed E-state index contributed by atoms with van der Waals surface area (Å²) in [5, 5.41) is 51.3. The summed E-state index contributed by atoms with van der Waals surface area (Å²) in [5.74, 6) is -0.463. The number of ether oxygens (including phenoxy) is 3. The molecule has 2 aliphatic heterocycles. The molecule has 0 aliphatic carbocycles. The number of carbonyl (C=O) groups excluding carboxylic acids is 1. The molecule has 0 saturated carbocycles. The lowest BCUT2D eigenvalue weighted by Gasteiger charge is -2.47. The van der Waals surface area contributed by atoms with Crippen molar-refractivity contribution >= 4 is 21.9 Å². The molecule has 3 rings (SSSR count). The second-order valence-electron chi connectivity index (χ2n) is 9.57. The topological polar surface area (TPSA) is 146 Å². The number of hydrogen-bond donors (Lipinski definition) is 5. The standard InChI is InChI=1S/C27H37BrO9/c1-16(28)15-20(36-27(34)17-5-3-2-4-6-17)9-7-18(30)8-11-21(31)25-23(32)24(33)26-22(37-25)12-10-19(35-26)13-14-29/h2-6,8,11,18-26,29-33H,1,7,9-10,12-15H2/b11-8+/t18?,19-,20-,21+,22+,23+,24-,25+,26+/m1/s1. The molecule has 0 bridgehead atoms. The SMILES string of the molecule is C=C(Br)C[C@@H](CCC(O)/C=C/[C@H](O)[C@@H]1O[C@H]2CC[C@H](CCO)O[C@@H]2[C@H](O)[C@@H]1O)OC(=O)c1ccccc1. The molecule has 2 heterocycles. The number of halogens is 1. The molecule has 2 aliphatic rings. The molecule has 9 nitrogen and oxygen atoms in total. The summed E-state index contributed by atoms with van der Waals surface area (Å²) in [7, 11) is 0. The number of aliphatic hydroxyl groups excluding tert-OH is 5. The highest BCUT2D eigenvalue weighted by Gasteiger charge is 2.49. The van der Waals surface area contributed by atoms with Crippen molar-refractivity contribution in [2.75, 3.05) is 6.61 Å². The van der Waals surface area contributed by atoms with E-state index in [1.54, 1.807) is 30.3 Å². The lowest BCUT2D eigenvalue weighted by molar-refractivity contribution is -0.274. The van der Waals surface area contributed by atoms with Gasteiger partial charge in [-0.25, -0.2) is 4.79 Å². The fourth-order valence-electron chi connectivity index (χ4n) is 4.70. The predicted molar refractivity (Wildman–Crippen MR) is 139 cm³/mol. The molecule has 0 spiro atoms. The van der Waals surface area contributed by atoms with Gasteiger partial charge < -0.3 is 39.7 Å². The van der Waals surface area contributed by atoms with Crippen molar-refractivity contribution in [1.29, 1.82) is 0 Å². The fourth-order valence-corrected chi connectivity index (χ4v) is 5.06. The zero-order chi connectivity index (χ0) is 26.9. The smallest absolute Gasteiger partial charge is 0.338 e. The number of carbonyl (C=O) groups is 1. The predicted octanol–water partition coefficient (Wildman–Crippen LogP) is 1.99. The fraction of sp³-hybridized carbons (Fsp3) is 0.593. The third-order valence-corrected chi connectivity index (χ3v) is 7.00. The van der Waals surface area contributed by atoms with Gasteiger partial charge in [0.1, 0.15) is 36.6 Å². The quantitative estimate of drug-likeness (QED) is 0.184. The van der Waals surface area contributed by atoms with E-state index in [0.717, 1.165) is 0 Å². The highest BCUT2D eigenvalue weighted by atomic mass is 79.9. The molecule has 0 amide bonds. The summed E-state index contributed by atoms with van der Waals surface area (Å²) < 4.78 is 17.9. The number of rotatable bonds is 12. The molecule has 5 N–H and O–H groups in total. The van der Waals surface area contributed by atoms with Crippen LogP contribution in [0.5, 0.6) is 0 Å². The van der Waals surface area contributed by atoms with Gasteiger partial charge in [0.25, 0.3) is 0 Å².